The van der Waals surface area contributed by atoms with Crippen molar-refractivity contribution < 1.29 is 4.39 Å². The Morgan fingerprint density at radius 3 is 2.62 bits per heavy atom. The van der Waals surface area contributed by atoms with Crippen LogP contribution in [-0.2, 0) is 20.1 Å². The molecule has 136 valence electrons. The van der Waals surface area contributed by atoms with Crippen molar-refractivity contribution >= 4 is 23.0 Å². The summed E-state index contributed by atoms with van der Waals surface area (Å²) in [7, 11) is 3.86. The third-order valence-corrected chi connectivity index (χ3v) is 4.65. The highest BCUT2D eigenvalue weighted by molar-refractivity contribution is 7.80. The van der Waals surface area contributed by atoms with Gasteiger partial charge >= 0.3 is 0 Å². The average molecular weight is 372 g/mol. The lowest BCUT2D eigenvalue weighted by Gasteiger charge is -2.20. The molecule has 0 amide bonds. The van der Waals surface area contributed by atoms with Gasteiger partial charge in [-0.1, -0.05) is 12.1 Å². The Morgan fingerprint density at radius 1 is 1.23 bits per heavy atom. The number of hydrogen-bond donors (Lipinski definition) is 1. The number of thiocarbonyl (C=S) groups is 1. The van der Waals surface area contributed by atoms with E-state index >= 15 is 0 Å². The first-order chi connectivity index (χ1) is 12.4. The molecule has 1 aromatic carbocycles. The summed E-state index contributed by atoms with van der Waals surface area (Å²) in [6.07, 6.45) is 5.45. The van der Waals surface area contributed by atoms with E-state index in [9.17, 15) is 4.39 Å². The number of halogens is 1. The number of hydrogen-bond acceptors (Lipinski definition) is 3. The second-order valence-electron chi connectivity index (χ2n) is 6.22. The maximum Gasteiger partial charge on any atom is 0.173 e. The van der Waals surface area contributed by atoms with Gasteiger partial charge in [0.1, 0.15) is 5.82 Å². The van der Waals surface area contributed by atoms with Gasteiger partial charge in [0.25, 0.3) is 0 Å². The third-order valence-electron chi connectivity index (χ3n) is 4.23. The lowest BCUT2D eigenvalue weighted by Crippen LogP contribution is -2.30. The summed E-state index contributed by atoms with van der Waals surface area (Å²) in [5.74, 6) is -0.242. The fourth-order valence-corrected chi connectivity index (χ4v) is 2.72. The number of benzene rings is 1. The predicted octanol–water partition coefficient (Wildman–Crippen LogP) is 2.94. The molecular formula is C18H21FN6S. The van der Waals surface area contributed by atoms with Crippen LogP contribution >= 0.6 is 12.2 Å². The van der Waals surface area contributed by atoms with E-state index in [0.717, 1.165) is 22.5 Å². The zero-order valence-corrected chi connectivity index (χ0v) is 15.8. The summed E-state index contributed by atoms with van der Waals surface area (Å²) < 4.78 is 16.6. The van der Waals surface area contributed by atoms with Gasteiger partial charge in [-0.3, -0.25) is 9.36 Å². The molecular weight excluding hydrogens is 351 g/mol. The highest BCUT2D eigenvalue weighted by atomic mass is 32.1. The molecule has 2 heterocycles. The Labute approximate surface area is 157 Å². The lowest BCUT2D eigenvalue weighted by atomic mass is 10.2. The van der Waals surface area contributed by atoms with Crippen LogP contribution in [0, 0.1) is 12.7 Å². The fourth-order valence-electron chi connectivity index (χ4n) is 2.54. The number of anilines is 1. The molecule has 0 aliphatic carbocycles. The molecule has 0 aliphatic rings. The highest BCUT2D eigenvalue weighted by Gasteiger charge is 2.11. The van der Waals surface area contributed by atoms with Gasteiger partial charge in [-0.2, -0.15) is 10.2 Å². The van der Waals surface area contributed by atoms with Crippen LogP contribution in [-0.4, -0.2) is 36.6 Å². The Morgan fingerprint density at radius 2 is 1.96 bits per heavy atom. The molecule has 6 nitrogen and oxygen atoms in total. The summed E-state index contributed by atoms with van der Waals surface area (Å²) in [5, 5.41) is 12.4. The smallest absolute Gasteiger partial charge is 0.173 e. The number of aryl methyl sites for hydroxylation is 1. The van der Waals surface area contributed by atoms with Crippen LogP contribution in [0.3, 0.4) is 0 Å². The molecule has 0 unspecified atom stereocenters. The Balaban J connectivity index is 1.58. The number of aromatic nitrogens is 4. The second-order valence-corrected chi connectivity index (χ2v) is 6.60. The zero-order chi connectivity index (χ0) is 18.7. The number of rotatable bonds is 5. The summed E-state index contributed by atoms with van der Waals surface area (Å²) in [6.45, 7) is 3.28. The van der Waals surface area contributed by atoms with Crippen molar-refractivity contribution in [3.05, 3.63) is 65.5 Å². The average Bonchev–Trinajstić information content (AvgIpc) is 3.18. The second kappa shape index (κ2) is 7.65. The quantitative estimate of drug-likeness (QED) is 0.698. The SMILES string of the molecule is Cc1c(CN(C)C(=S)Nc2cnn(Cc3ccc(F)cc3)c2)cnn1C. The minimum absolute atomic E-state index is 0.242. The molecule has 0 fully saturated rings. The van der Waals surface area contributed by atoms with Crippen LogP contribution in [0.5, 0.6) is 0 Å². The van der Waals surface area contributed by atoms with Crippen LogP contribution in [0.4, 0.5) is 10.1 Å². The van der Waals surface area contributed by atoms with E-state index in [1.807, 2.05) is 43.0 Å². The summed E-state index contributed by atoms with van der Waals surface area (Å²) >= 11 is 5.47. The number of nitrogens with one attached hydrogen (secondary N) is 1. The molecule has 0 aliphatic heterocycles. The molecule has 0 saturated heterocycles. The first-order valence-corrected chi connectivity index (χ1v) is 8.59. The Kier molecular flexibility index (Phi) is 5.32. The zero-order valence-electron chi connectivity index (χ0n) is 15.0. The maximum absolute atomic E-state index is 13.0. The fraction of sp³-hybridized carbons (Fsp3) is 0.278. The maximum atomic E-state index is 13.0. The largest absolute Gasteiger partial charge is 0.348 e. The van der Waals surface area contributed by atoms with Crippen LogP contribution in [0.25, 0.3) is 0 Å². The Bertz CT molecular complexity index is 899. The van der Waals surface area contributed by atoms with Crippen molar-refractivity contribution in [2.45, 2.75) is 20.0 Å². The Hall–Kier alpha value is -2.74. The lowest BCUT2D eigenvalue weighted by molar-refractivity contribution is 0.506. The molecule has 0 bridgehead atoms. The van der Waals surface area contributed by atoms with Gasteiger partial charge in [0.15, 0.2) is 5.11 Å². The van der Waals surface area contributed by atoms with Crippen molar-refractivity contribution in [3.63, 3.8) is 0 Å². The normalized spacial score (nSPS) is 10.8. The molecule has 1 N–H and O–H groups in total. The standard InChI is InChI=1S/C18H21FN6S/c1-13-15(8-20-24(13)3)11-23(2)18(26)22-17-9-21-25(12-17)10-14-4-6-16(19)7-5-14/h4-9,12H,10-11H2,1-3H3,(H,22,26). The van der Waals surface area contributed by atoms with E-state index in [0.29, 0.717) is 18.2 Å². The van der Waals surface area contributed by atoms with Crippen molar-refractivity contribution in [2.24, 2.45) is 7.05 Å². The molecule has 3 aromatic rings. The van der Waals surface area contributed by atoms with Crippen LogP contribution < -0.4 is 5.32 Å². The minimum Gasteiger partial charge on any atom is -0.348 e. The van der Waals surface area contributed by atoms with Gasteiger partial charge in [0.05, 0.1) is 24.6 Å². The molecule has 26 heavy (non-hydrogen) atoms. The van der Waals surface area contributed by atoms with E-state index in [1.54, 1.807) is 23.0 Å². The van der Waals surface area contributed by atoms with E-state index < -0.39 is 0 Å². The van der Waals surface area contributed by atoms with Crippen molar-refractivity contribution in [1.82, 2.24) is 24.5 Å². The van der Waals surface area contributed by atoms with Gasteiger partial charge in [0, 0.05) is 38.1 Å². The summed E-state index contributed by atoms with van der Waals surface area (Å²) in [6, 6.07) is 6.39. The van der Waals surface area contributed by atoms with E-state index in [2.05, 4.69) is 15.5 Å². The minimum atomic E-state index is -0.242. The first-order valence-electron chi connectivity index (χ1n) is 8.19. The van der Waals surface area contributed by atoms with Crippen LogP contribution in [0.2, 0.25) is 0 Å². The highest BCUT2D eigenvalue weighted by Crippen LogP contribution is 2.12. The predicted molar refractivity (Wildman–Crippen MR) is 103 cm³/mol. The van der Waals surface area contributed by atoms with E-state index in [-0.39, 0.29) is 5.82 Å². The van der Waals surface area contributed by atoms with Crippen molar-refractivity contribution in [2.75, 3.05) is 12.4 Å². The molecule has 0 saturated carbocycles. The third kappa shape index (κ3) is 4.26. The first kappa shape index (κ1) is 18.1. The van der Waals surface area contributed by atoms with Crippen molar-refractivity contribution in [3.8, 4) is 0 Å². The summed E-state index contributed by atoms with van der Waals surface area (Å²) in [4.78, 5) is 1.96. The topological polar surface area (TPSA) is 50.9 Å². The van der Waals surface area contributed by atoms with E-state index in [1.165, 1.54) is 12.1 Å². The van der Waals surface area contributed by atoms with Crippen LogP contribution in [0.1, 0.15) is 16.8 Å². The van der Waals surface area contributed by atoms with Gasteiger partial charge in [-0.25, -0.2) is 4.39 Å². The van der Waals surface area contributed by atoms with Gasteiger partial charge in [-0.05, 0) is 36.8 Å². The molecule has 0 radical (unpaired) electrons. The summed E-state index contributed by atoms with van der Waals surface area (Å²) in [5.41, 5.74) is 4.04. The van der Waals surface area contributed by atoms with Crippen LogP contribution in [0.15, 0.2) is 42.9 Å². The molecule has 8 heteroatoms. The van der Waals surface area contributed by atoms with Gasteiger partial charge in [0.2, 0.25) is 0 Å². The molecule has 2 aromatic heterocycles. The molecule has 0 atom stereocenters. The van der Waals surface area contributed by atoms with Gasteiger partial charge in [-0.15, -0.1) is 0 Å². The monoisotopic (exact) mass is 372 g/mol. The number of nitrogens with zero attached hydrogens (tertiary/aromatic N) is 5. The van der Waals surface area contributed by atoms with Crippen molar-refractivity contribution in [1.29, 1.82) is 0 Å². The molecule has 0 spiro atoms. The van der Waals surface area contributed by atoms with Gasteiger partial charge < -0.3 is 10.2 Å². The van der Waals surface area contributed by atoms with E-state index in [4.69, 9.17) is 12.2 Å². The molecule has 3 rings (SSSR count).